The average molecular weight is 380 g/mol. The second-order valence-corrected chi connectivity index (χ2v) is 7.42. The number of hydrogen-bond acceptors (Lipinski definition) is 3. The molecule has 4 nitrogen and oxygen atoms in total. The average Bonchev–Trinajstić information content (AvgIpc) is 2.72. The third kappa shape index (κ3) is 3.64. The Balaban J connectivity index is 1.88. The molecular formula is C24H21BN2O2. The van der Waals surface area contributed by atoms with E-state index in [-0.39, 0.29) is 16.8 Å². The van der Waals surface area contributed by atoms with Gasteiger partial charge in [0.15, 0.2) is 13.6 Å². The van der Waals surface area contributed by atoms with E-state index in [0.717, 1.165) is 27.9 Å². The molecule has 0 aliphatic rings. The summed E-state index contributed by atoms with van der Waals surface area (Å²) in [5.41, 5.74) is 5.21. The predicted octanol–water partition coefficient (Wildman–Crippen LogP) is 2.55. The Bertz CT molecular complexity index is 1310. The molecule has 4 rings (SSSR count). The van der Waals surface area contributed by atoms with Crippen molar-refractivity contribution in [1.82, 2.24) is 9.55 Å². The molecule has 0 aliphatic carbocycles. The molecule has 0 saturated heterocycles. The summed E-state index contributed by atoms with van der Waals surface area (Å²) in [5, 5.41) is 0.537. The molecule has 0 unspecified atom stereocenters. The summed E-state index contributed by atoms with van der Waals surface area (Å²) in [4.78, 5) is 30.9. The van der Waals surface area contributed by atoms with Crippen LogP contribution in [-0.4, -0.2) is 23.2 Å². The van der Waals surface area contributed by atoms with Gasteiger partial charge in [0, 0.05) is 17.1 Å². The number of aromatic nitrogens is 2. The molecule has 5 heteroatoms. The second kappa shape index (κ2) is 7.51. The lowest BCUT2D eigenvalue weighted by molar-refractivity contribution is 0.103. The highest BCUT2D eigenvalue weighted by Gasteiger charge is 2.18. The van der Waals surface area contributed by atoms with Crippen LogP contribution in [0.25, 0.3) is 10.9 Å². The smallest absolute Gasteiger partial charge is 0.200 e. The number of ketones is 1. The number of carbonyl (C=O) groups is 1. The molecular weight excluding hydrogens is 359 g/mol. The zero-order chi connectivity index (χ0) is 20.5. The molecule has 0 spiro atoms. The van der Waals surface area contributed by atoms with Crippen molar-refractivity contribution in [3.8, 4) is 0 Å². The Morgan fingerprint density at radius 3 is 2.55 bits per heavy atom. The largest absolute Gasteiger partial charge is 0.340 e. The van der Waals surface area contributed by atoms with Crippen LogP contribution in [0.5, 0.6) is 0 Å². The molecule has 0 radical (unpaired) electrons. The number of benzene rings is 2. The Labute approximate surface area is 170 Å². The highest BCUT2D eigenvalue weighted by Crippen LogP contribution is 2.17. The van der Waals surface area contributed by atoms with Crippen LogP contribution < -0.4 is 11.0 Å². The minimum Gasteiger partial charge on any atom is -0.340 e. The second-order valence-electron chi connectivity index (χ2n) is 7.42. The molecule has 0 N–H and O–H groups in total. The minimum atomic E-state index is -0.255. The fourth-order valence-electron chi connectivity index (χ4n) is 3.54. The summed E-state index contributed by atoms with van der Waals surface area (Å²) in [6.07, 6.45) is 1.67. The van der Waals surface area contributed by atoms with Gasteiger partial charge in [-0.15, -0.1) is 0 Å². The monoisotopic (exact) mass is 380 g/mol. The maximum absolute atomic E-state index is 13.2. The number of hydrogen-bond donors (Lipinski definition) is 0. The molecule has 0 amide bonds. The lowest BCUT2D eigenvalue weighted by atomic mass is 9.99. The van der Waals surface area contributed by atoms with Gasteiger partial charge in [0.2, 0.25) is 5.43 Å². The summed E-state index contributed by atoms with van der Waals surface area (Å²) < 4.78 is 1.94. The van der Waals surface area contributed by atoms with Crippen LogP contribution in [0.3, 0.4) is 0 Å². The number of nitrogens with zero attached hydrogens (tertiary/aromatic N) is 2. The number of para-hydroxylation sites is 1. The van der Waals surface area contributed by atoms with E-state index in [4.69, 9.17) is 0 Å². The predicted molar refractivity (Wildman–Crippen MR) is 119 cm³/mol. The Kier molecular flexibility index (Phi) is 4.89. The molecule has 4 aromatic rings. The molecule has 0 bridgehead atoms. The molecule has 0 aliphatic heterocycles. The third-order valence-electron chi connectivity index (χ3n) is 5.28. The fraction of sp³-hybridized carbons (Fsp3) is 0.125. The van der Waals surface area contributed by atoms with Crippen molar-refractivity contribution in [3.05, 3.63) is 105 Å². The Hall–Kier alpha value is -3.47. The molecule has 0 fully saturated rings. The molecule has 2 aromatic heterocycles. The first kappa shape index (κ1) is 18.9. The minimum absolute atomic E-state index is 0.180. The van der Waals surface area contributed by atoms with E-state index in [1.807, 2.05) is 74.8 Å². The Morgan fingerprint density at radius 2 is 1.79 bits per heavy atom. The topological polar surface area (TPSA) is 52.0 Å². The maximum atomic E-state index is 13.2. The molecule has 0 saturated carbocycles. The maximum Gasteiger partial charge on any atom is 0.200 e. The first-order valence-corrected chi connectivity index (χ1v) is 9.61. The summed E-state index contributed by atoms with van der Waals surface area (Å²) in [6.45, 7) is 4.45. The van der Waals surface area contributed by atoms with Gasteiger partial charge in [-0.2, -0.15) is 0 Å². The normalized spacial score (nSPS) is 11.0. The lowest BCUT2D eigenvalue weighted by Gasteiger charge is -2.13. The first-order chi connectivity index (χ1) is 13.9. The van der Waals surface area contributed by atoms with E-state index in [9.17, 15) is 9.59 Å². The molecule has 0 atom stereocenters. The van der Waals surface area contributed by atoms with Gasteiger partial charge in [-0.1, -0.05) is 36.4 Å². The van der Waals surface area contributed by atoms with E-state index in [1.54, 1.807) is 18.3 Å². The highest BCUT2D eigenvalue weighted by atomic mass is 16.1. The number of aryl methyl sites for hydroxylation is 2. The number of carbonyl (C=O) groups excluding carboxylic acids is 1. The van der Waals surface area contributed by atoms with E-state index in [1.165, 1.54) is 0 Å². The summed E-state index contributed by atoms with van der Waals surface area (Å²) in [6, 6.07) is 18.8. The van der Waals surface area contributed by atoms with Gasteiger partial charge in [-0.05, 0) is 54.8 Å². The van der Waals surface area contributed by atoms with Crippen LogP contribution in [0.4, 0.5) is 0 Å². The molecule has 2 aromatic carbocycles. The Morgan fingerprint density at radius 1 is 1.00 bits per heavy atom. The van der Waals surface area contributed by atoms with Crippen LogP contribution in [-0.2, 0) is 6.54 Å². The summed E-state index contributed by atoms with van der Waals surface area (Å²) >= 11 is 0. The molecule has 29 heavy (non-hydrogen) atoms. The van der Waals surface area contributed by atoms with Gasteiger partial charge in [-0.25, -0.2) is 0 Å². The van der Waals surface area contributed by atoms with Gasteiger partial charge in [0.1, 0.15) is 0 Å². The lowest BCUT2D eigenvalue weighted by Crippen LogP contribution is -2.21. The van der Waals surface area contributed by atoms with Crippen molar-refractivity contribution < 1.29 is 4.79 Å². The highest BCUT2D eigenvalue weighted by molar-refractivity contribution is 6.30. The van der Waals surface area contributed by atoms with Crippen molar-refractivity contribution in [2.75, 3.05) is 0 Å². The standard InChI is InChI=1S/C24H21BN2O2/c1-15-10-11-17(12-16(15)2)23(28)20-14-27(13-18-6-5-9-22(25)26-18)21-8-4-3-7-19(21)24(20)29/h3-12,14H,13,25H2,1-2H3. The van der Waals surface area contributed by atoms with Gasteiger partial charge in [0.05, 0.1) is 23.3 Å². The van der Waals surface area contributed by atoms with Gasteiger partial charge in [0.25, 0.3) is 0 Å². The van der Waals surface area contributed by atoms with Crippen LogP contribution in [0.15, 0.2) is 71.7 Å². The van der Waals surface area contributed by atoms with Crippen molar-refractivity contribution >= 4 is 30.1 Å². The van der Waals surface area contributed by atoms with Crippen molar-refractivity contribution in [2.45, 2.75) is 20.4 Å². The quantitative estimate of drug-likeness (QED) is 0.404. The van der Waals surface area contributed by atoms with Crippen LogP contribution in [0, 0.1) is 13.8 Å². The summed E-state index contributed by atoms with van der Waals surface area (Å²) in [7, 11) is 1.95. The van der Waals surface area contributed by atoms with Crippen LogP contribution in [0.1, 0.15) is 32.7 Å². The van der Waals surface area contributed by atoms with E-state index in [2.05, 4.69) is 4.98 Å². The van der Waals surface area contributed by atoms with Crippen molar-refractivity contribution in [2.24, 2.45) is 0 Å². The molecule has 142 valence electrons. The van der Waals surface area contributed by atoms with Crippen LogP contribution in [0.2, 0.25) is 0 Å². The molecule has 2 heterocycles. The van der Waals surface area contributed by atoms with E-state index >= 15 is 0 Å². The van der Waals surface area contributed by atoms with E-state index in [0.29, 0.717) is 17.5 Å². The first-order valence-electron chi connectivity index (χ1n) is 9.61. The van der Waals surface area contributed by atoms with Crippen LogP contribution >= 0.6 is 0 Å². The summed E-state index contributed by atoms with van der Waals surface area (Å²) in [5.74, 6) is -0.255. The number of rotatable bonds is 4. The fourth-order valence-corrected chi connectivity index (χ4v) is 3.54. The number of pyridine rings is 2. The van der Waals surface area contributed by atoms with Gasteiger partial charge >= 0.3 is 0 Å². The van der Waals surface area contributed by atoms with Crippen molar-refractivity contribution in [1.29, 1.82) is 0 Å². The zero-order valence-electron chi connectivity index (χ0n) is 16.8. The third-order valence-corrected chi connectivity index (χ3v) is 5.28. The SMILES string of the molecule is Bc1cccc(Cn2cc(C(=O)c3ccc(C)c(C)c3)c(=O)c3ccccc32)n1. The van der Waals surface area contributed by atoms with Gasteiger partial charge in [-0.3, -0.25) is 14.6 Å². The van der Waals surface area contributed by atoms with Crippen molar-refractivity contribution in [3.63, 3.8) is 0 Å². The van der Waals surface area contributed by atoms with Gasteiger partial charge < -0.3 is 4.57 Å². The zero-order valence-corrected chi connectivity index (χ0v) is 16.8. The number of fused-ring (bicyclic) bond motifs is 1. The van der Waals surface area contributed by atoms with E-state index < -0.39 is 0 Å².